The van der Waals surface area contributed by atoms with E-state index in [1.807, 2.05) is 13.2 Å². The lowest BCUT2D eigenvalue weighted by Crippen LogP contribution is -2.39. The minimum Gasteiger partial charge on any atom is -0.480 e. The van der Waals surface area contributed by atoms with Crippen molar-refractivity contribution in [1.82, 2.24) is 15.1 Å². The van der Waals surface area contributed by atoms with Crippen LogP contribution in [0.1, 0.15) is 44.1 Å². The molecule has 0 bridgehead atoms. The predicted molar refractivity (Wildman–Crippen MR) is 85.3 cm³/mol. The van der Waals surface area contributed by atoms with Crippen molar-refractivity contribution in [2.75, 3.05) is 13.7 Å². The first-order chi connectivity index (χ1) is 10.7. The number of aromatic nitrogens is 2. The quantitative estimate of drug-likeness (QED) is 0.782. The van der Waals surface area contributed by atoms with E-state index in [2.05, 4.69) is 10.4 Å². The number of nitrogens with zero attached hydrogens (tertiary/aromatic N) is 2. The number of hydrogen-bond donors (Lipinski definition) is 2. The molecule has 124 valence electrons. The van der Waals surface area contributed by atoms with Crippen LogP contribution in [0.2, 0.25) is 0 Å². The summed E-state index contributed by atoms with van der Waals surface area (Å²) in [6, 6.07) is 0. The largest absolute Gasteiger partial charge is 0.480 e. The third-order valence-corrected chi connectivity index (χ3v) is 4.57. The van der Waals surface area contributed by atoms with Gasteiger partial charge in [0.1, 0.15) is 0 Å². The third-order valence-electron chi connectivity index (χ3n) is 4.57. The topological polar surface area (TPSA) is 82.2 Å². The maximum atomic E-state index is 12.5. The Morgan fingerprint density at radius 2 is 2.14 bits per heavy atom. The Hall–Kier alpha value is -1.56. The van der Waals surface area contributed by atoms with Gasteiger partial charge in [0.05, 0.1) is 18.6 Å². The molecule has 0 aliphatic heterocycles. The van der Waals surface area contributed by atoms with Crippen molar-refractivity contribution in [2.45, 2.75) is 45.1 Å². The molecular formula is C16H28N4O2. The molecule has 6 heteroatoms. The van der Waals surface area contributed by atoms with Gasteiger partial charge in [-0.15, -0.1) is 5.10 Å². The molecular weight excluding hydrogens is 280 g/mol. The molecule has 0 saturated heterocycles. The van der Waals surface area contributed by atoms with Gasteiger partial charge in [0.15, 0.2) is 0 Å². The van der Waals surface area contributed by atoms with Crippen LogP contribution in [0, 0.1) is 11.8 Å². The lowest BCUT2D eigenvalue weighted by Gasteiger charge is -2.24. The van der Waals surface area contributed by atoms with Crippen molar-refractivity contribution >= 4 is 5.91 Å². The number of rotatable bonds is 6. The summed E-state index contributed by atoms with van der Waals surface area (Å²) >= 11 is 0. The Morgan fingerprint density at radius 3 is 2.73 bits per heavy atom. The van der Waals surface area contributed by atoms with Gasteiger partial charge in [-0.25, -0.2) is 0 Å². The van der Waals surface area contributed by atoms with Crippen molar-refractivity contribution in [3.05, 3.63) is 11.8 Å². The number of ether oxygens (including phenoxy) is 1. The van der Waals surface area contributed by atoms with Gasteiger partial charge < -0.3 is 15.8 Å². The first kappa shape index (κ1) is 16.8. The van der Waals surface area contributed by atoms with Gasteiger partial charge in [-0.1, -0.05) is 25.7 Å². The SMILES string of the molecule is COc1nn(C)cc1CNC(=O)C(CN)C1CCCCCC1. The molecule has 1 aromatic heterocycles. The third kappa shape index (κ3) is 4.22. The van der Waals surface area contributed by atoms with Gasteiger partial charge in [-0.2, -0.15) is 0 Å². The molecule has 22 heavy (non-hydrogen) atoms. The van der Waals surface area contributed by atoms with Crippen LogP contribution >= 0.6 is 0 Å². The molecule has 0 radical (unpaired) electrons. The van der Waals surface area contributed by atoms with E-state index in [-0.39, 0.29) is 11.8 Å². The standard InChI is InChI=1S/C16H28N4O2/c1-20-11-13(16(19-20)22-2)10-18-15(21)14(9-17)12-7-5-3-4-6-8-12/h11-12,14H,3-10,17H2,1-2H3,(H,18,21). The highest BCUT2D eigenvalue weighted by Gasteiger charge is 2.27. The number of hydrogen-bond acceptors (Lipinski definition) is 4. The fourth-order valence-electron chi connectivity index (χ4n) is 3.35. The van der Waals surface area contributed by atoms with Crippen molar-refractivity contribution in [3.63, 3.8) is 0 Å². The smallest absolute Gasteiger partial charge is 0.237 e. The molecule has 1 aromatic rings. The van der Waals surface area contributed by atoms with Gasteiger partial charge in [0, 0.05) is 26.3 Å². The summed E-state index contributed by atoms with van der Waals surface area (Å²) in [7, 11) is 3.42. The summed E-state index contributed by atoms with van der Waals surface area (Å²) in [5, 5.41) is 7.20. The van der Waals surface area contributed by atoms with E-state index < -0.39 is 0 Å². The van der Waals surface area contributed by atoms with E-state index in [1.165, 1.54) is 25.7 Å². The van der Waals surface area contributed by atoms with Crippen molar-refractivity contribution in [3.8, 4) is 5.88 Å². The maximum Gasteiger partial charge on any atom is 0.237 e. The highest BCUT2D eigenvalue weighted by molar-refractivity contribution is 5.79. The first-order valence-electron chi connectivity index (χ1n) is 8.20. The van der Waals surface area contributed by atoms with Crippen molar-refractivity contribution in [1.29, 1.82) is 0 Å². The van der Waals surface area contributed by atoms with Gasteiger partial charge in [-0.3, -0.25) is 9.48 Å². The summed E-state index contributed by atoms with van der Waals surface area (Å²) in [5.74, 6) is 0.950. The van der Waals surface area contributed by atoms with Crippen LogP contribution in [0.5, 0.6) is 5.88 Å². The zero-order chi connectivity index (χ0) is 15.9. The second-order valence-corrected chi connectivity index (χ2v) is 6.15. The first-order valence-corrected chi connectivity index (χ1v) is 8.20. The number of amides is 1. The molecule has 3 N–H and O–H groups in total. The number of methoxy groups -OCH3 is 1. The van der Waals surface area contributed by atoms with Crippen LogP contribution in [0.25, 0.3) is 0 Å². The summed E-state index contributed by atoms with van der Waals surface area (Å²) in [5.41, 5.74) is 6.77. The molecule has 0 aromatic carbocycles. The number of carbonyl (C=O) groups excluding carboxylic acids is 1. The molecule has 0 spiro atoms. The Bertz CT molecular complexity index is 478. The number of nitrogens with two attached hydrogens (primary N) is 1. The summed E-state index contributed by atoms with van der Waals surface area (Å²) in [4.78, 5) is 12.5. The van der Waals surface area contributed by atoms with Crippen LogP contribution < -0.4 is 15.8 Å². The van der Waals surface area contributed by atoms with Crippen LogP contribution in [0.15, 0.2) is 6.20 Å². The van der Waals surface area contributed by atoms with Gasteiger partial charge in [0.25, 0.3) is 0 Å². The maximum absolute atomic E-state index is 12.5. The van der Waals surface area contributed by atoms with Crippen LogP contribution in [0.4, 0.5) is 0 Å². The summed E-state index contributed by atoms with van der Waals surface area (Å²) < 4.78 is 6.90. The average Bonchev–Trinajstić information content (AvgIpc) is 2.71. The molecule has 1 fully saturated rings. The van der Waals surface area contributed by atoms with Crippen molar-refractivity contribution in [2.24, 2.45) is 24.6 Å². The van der Waals surface area contributed by atoms with Crippen LogP contribution in [-0.2, 0) is 18.4 Å². The Morgan fingerprint density at radius 1 is 1.45 bits per heavy atom. The average molecular weight is 308 g/mol. The highest BCUT2D eigenvalue weighted by atomic mass is 16.5. The minimum atomic E-state index is -0.0826. The number of aryl methyl sites for hydroxylation is 1. The number of nitrogens with one attached hydrogen (secondary N) is 1. The predicted octanol–water partition coefficient (Wildman–Crippen LogP) is 1.59. The zero-order valence-electron chi connectivity index (χ0n) is 13.7. The Labute approximate surface area is 132 Å². The molecule has 1 amide bonds. The summed E-state index contributed by atoms with van der Waals surface area (Å²) in [6.07, 6.45) is 9.08. The van der Waals surface area contributed by atoms with Crippen LogP contribution in [-0.4, -0.2) is 29.3 Å². The van der Waals surface area contributed by atoms with E-state index in [4.69, 9.17) is 10.5 Å². The van der Waals surface area contributed by atoms with Crippen molar-refractivity contribution < 1.29 is 9.53 Å². The molecule has 2 rings (SSSR count). The van der Waals surface area contributed by atoms with E-state index in [1.54, 1.807) is 11.8 Å². The molecule has 1 heterocycles. The van der Waals surface area contributed by atoms with Gasteiger partial charge >= 0.3 is 0 Å². The fourth-order valence-corrected chi connectivity index (χ4v) is 3.35. The minimum absolute atomic E-state index is 0.0558. The van der Waals surface area contributed by atoms with Gasteiger partial charge in [-0.05, 0) is 18.8 Å². The fraction of sp³-hybridized carbons (Fsp3) is 0.750. The molecule has 1 saturated carbocycles. The zero-order valence-corrected chi connectivity index (χ0v) is 13.7. The highest BCUT2D eigenvalue weighted by Crippen LogP contribution is 2.29. The van der Waals surface area contributed by atoms with Crippen LogP contribution in [0.3, 0.4) is 0 Å². The molecule has 1 atom stereocenters. The second-order valence-electron chi connectivity index (χ2n) is 6.15. The van der Waals surface area contributed by atoms with E-state index in [0.29, 0.717) is 24.9 Å². The molecule has 1 aliphatic rings. The second kappa shape index (κ2) is 8.17. The lowest BCUT2D eigenvalue weighted by atomic mass is 9.85. The molecule has 1 aliphatic carbocycles. The summed E-state index contributed by atoms with van der Waals surface area (Å²) in [6.45, 7) is 0.847. The van der Waals surface area contributed by atoms with E-state index in [9.17, 15) is 4.79 Å². The normalized spacial score (nSPS) is 17.8. The van der Waals surface area contributed by atoms with Gasteiger partial charge in [0.2, 0.25) is 11.8 Å². The molecule has 1 unspecified atom stereocenters. The Balaban J connectivity index is 1.93. The van der Waals surface area contributed by atoms with E-state index in [0.717, 1.165) is 18.4 Å². The monoisotopic (exact) mass is 308 g/mol. The molecule has 6 nitrogen and oxygen atoms in total. The van der Waals surface area contributed by atoms with E-state index >= 15 is 0 Å². The number of carbonyl (C=O) groups is 1. The Kier molecular flexibility index (Phi) is 6.24. The lowest BCUT2D eigenvalue weighted by molar-refractivity contribution is -0.126.